The summed E-state index contributed by atoms with van der Waals surface area (Å²) in [5.41, 5.74) is 2.52. The van der Waals surface area contributed by atoms with Gasteiger partial charge in [-0.1, -0.05) is 42.9 Å². The lowest BCUT2D eigenvalue weighted by molar-refractivity contribution is -0.132. The van der Waals surface area contributed by atoms with Crippen molar-refractivity contribution in [3.8, 4) is 17.2 Å². The molecule has 2 aliphatic rings. The van der Waals surface area contributed by atoms with E-state index in [0.29, 0.717) is 57.2 Å². The fourth-order valence-corrected chi connectivity index (χ4v) is 6.71. The number of carbonyl (C=O) groups excluding carboxylic acids is 2. The summed E-state index contributed by atoms with van der Waals surface area (Å²) in [5.74, 6) is 0.355. The zero-order chi connectivity index (χ0) is 30.4. The smallest absolute Gasteiger partial charge is 0.301 e. The molecule has 0 saturated carbocycles. The van der Waals surface area contributed by atoms with E-state index in [0.717, 1.165) is 22.4 Å². The number of Topliss-reactive ketones (excluding diaryl/α,β-unsaturated/α-hetero) is 1. The largest absolute Gasteiger partial charge is 0.507 e. The van der Waals surface area contributed by atoms with E-state index in [1.165, 1.54) is 23.3 Å². The van der Waals surface area contributed by atoms with Gasteiger partial charge in [-0.25, -0.2) is 4.98 Å². The Bertz CT molecular complexity index is 1780. The van der Waals surface area contributed by atoms with E-state index in [4.69, 9.17) is 25.8 Å². The maximum Gasteiger partial charge on any atom is 0.301 e. The number of fused-ring (bicyclic) bond motifs is 2. The Morgan fingerprint density at radius 2 is 1.95 bits per heavy atom. The van der Waals surface area contributed by atoms with Crippen LogP contribution in [0.15, 0.2) is 60.2 Å². The van der Waals surface area contributed by atoms with Crippen molar-refractivity contribution in [2.75, 3.05) is 18.6 Å². The number of anilines is 1. The summed E-state index contributed by atoms with van der Waals surface area (Å²) in [4.78, 5) is 33.5. The molecular weight excluding hydrogens is 588 g/mol. The van der Waals surface area contributed by atoms with Gasteiger partial charge in [0.15, 0.2) is 16.6 Å². The fraction of sp³-hybridized carbons (Fsp3) is 0.303. The van der Waals surface area contributed by atoms with Gasteiger partial charge in [-0.05, 0) is 78.9 Å². The van der Waals surface area contributed by atoms with Crippen LogP contribution >= 0.6 is 22.9 Å². The molecule has 6 rings (SSSR count). The van der Waals surface area contributed by atoms with Gasteiger partial charge < -0.3 is 19.3 Å². The highest BCUT2D eigenvalue weighted by molar-refractivity contribution is 7.22. The number of amides is 1. The Labute approximate surface area is 258 Å². The van der Waals surface area contributed by atoms with E-state index >= 15 is 0 Å². The summed E-state index contributed by atoms with van der Waals surface area (Å²) in [5, 5.41) is 12.5. The highest BCUT2D eigenvalue weighted by atomic mass is 35.5. The number of benzene rings is 3. The number of hydrogen-bond acceptors (Lipinski definition) is 8. The maximum absolute atomic E-state index is 13.7. The number of rotatable bonds is 8. The number of nitrogens with zero attached hydrogens (tertiary/aromatic N) is 2. The topological polar surface area (TPSA) is 98.2 Å². The molecule has 8 nitrogen and oxygen atoms in total. The summed E-state index contributed by atoms with van der Waals surface area (Å²) in [6, 6.07) is 14.9. The lowest BCUT2D eigenvalue weighted by Gasteiger charge is -2.24. The van der Waals surface area contributed by atoms with Crippen LogP contribution in [-0.2, 0) is 16.0 Å². The van der Waals surface area contributed by atoms with Gasteiger partial charge in [-0.2, -0.15) is 0 Å². The number of aliphatic hydroxyl groups is 1. The van der Waals surface area contributed by atoms with Gasteiger partial charge >= 0.3 is 5.91 Å². The van der Waals surface area contributed by atoms with E-state index in [1.54, 1.807) is 48.5 Å². The molecule has 1 fully saturated rings. The first kappa shape index (κ1) is 29.0. The second-order valence-corrected chi connectivity index (χ2v) is 12.6. The number of hydrogen-bond donors (Lipinski definition) is 1. The third-order valence-electron chi connectivity index (χ3n) is 7.62. The van der Waals surface area contributed by atoms with Crippen LogP contribution < -0.4 is 19.1 Å². The molecule has 2 aliphatic heterocycles. The van der Waals surface area contributed by atoms with Crippen molar-refractivity contribution in [1.82, 2.24) is 4.98 Å². The SMILES string of the molecule is COc1cc([C@H]2C(=C(O)c3ccc4c(c3)C[C@H](C)O4)C(=O)C(=O)N2c2nc3ccc(Cl)cc3s2)ccc1OCCC(C)C. The molecule has 3 aromatic carbocycles. The average molecular weight is 619 g/mol. The number of aromatic nitrogens is 1. The Hall–Kier alpha value is -4.08. The van der Waals surface area contributed by atoms with E-state index < -0.39 is 17.7 Å². The highest BCUT2D eigenvalue weighted by Gasteiger charge is 2.48. The van der Waals surface area contributed by atoms with E-state index in [9.17, 15) is 14.7 Å². The number of halogens is 1. The summed E-state index contributed by atoms with van der Waals surface area (Å²) >= 11 is 7.46. The van der Waals surface area contributed by atoms with Gasteiger partial charge in [-0.3, -0.25) is 14.5 Å². The molecule has 43 heavy (non-hydrogen) atoms. The summed E-state index contributed by atoms with van der Waals surface area (Å²) in [6.45, 7) is 6.73. The minimum Gasteiger partial charge on any atom is -0.507 e. The van der Waals surface area contributed by atoms with Crippen molar-refractivity contribution in [2.45, 2.75) is 45.8 Å². The van der Waals surface area contributed by atoms with Gasteiger partial charge in [0.2, 0.25) is 0 Å². The van der Waals surface area contributed by atoms with E-state index in [-0.39, 0.29) is 17.4 Å². The van der Waals surface area contributed by atoms with Crippen LogP contribution in [0, 0.1) is 5.92 Å². The van der Waals surface area contributed by atoms with Crippen LogP contribution in [0.2, 0.25) is 5.02 Å². The Balaban J connectivity index is 1.49. The quantitative estimate of drug-likeness (QED) is 0.125. The second kappa shape index (κ2) is 11.5. The standard InChI is InChI=1S/C33H31ClN2O6S/c1-17(2)11-12-41-25-10-5-19(15-26(25)40-4)29-28(30(37)20-6-9-24-21(14-20)13-18(3)42-24)31(38)32(39)36(29)33-35-23-8-7-22(34)16-27(23)43-33/h5-10,14-18,29,37H,11-13H2,1-4H3/t18-,29-/m0/s1. The van der Waals surface area contributed by atoms with Gasteiger partial charge in [0.25, 0.3) is 5.78 Å². The molecular formula is C33H31ClN2O6S. The number of aliphatic hydroxyl groups excluding tert-OH is 1. The zero-order valence-corrected chi connectivity index (χ0v) is 25.8. The van der Waals surface area contributed by atoms with Crippen molar-refractivity contribution in [3.05, 3.63) is 81.9 Å². The van der Waals surface area contributed by atoms with Crippen molar-refractivity contribution in [1.29, 1.82) is 0 Å². The first-order valence-corrected chi connectivity index (χ1v) is 15.3. The molecule has 2 atom stereocenters. The molecule has 4 aromatic rings. The third kappa shape index (κ3) is 5.43. The molecule has 0 unspecified atom stereocenters. The summed E-state index contributed by atoms with van der Waals surface area (Å²) in [6.07, 6.45) is 1.56. The molecule has 3 heterocycles. The van der Waals surface area contributed by atoms with Crippen molar-refractivity contribution in [2.24, 2.45) is 5.92 Å². The van der Waals surface area contributed by atoms with E-state index in [1.807, 2.05) is 13.0 Å². The Morgan fingerprint density at radius 1 is 1.14 bits per heavy atom. The number of ketones is 1. The first-order chi connectivity index (χ1) is 20.6. The fourth-order valence-electron chi connectivity index (χ4n) is 5.44. The van der Waals surface area contributed by atoms with Gasteiger partial charge in [0, 0.05) is 17.0 Å². The van der Waals surface area contributed by atoms with Crippen LogP contribution in [0.5, 0.6) is 17.2 Å². The second-order valence-electron chi connectivity index (χ2n) is 11.2. The van der Waals surface area contributed by atoms with Gasteiger partial charge in [0.1, 0.15) is 17.6 Å². The number of thiazole rings is 1. The van der Waals surface area contributed by atoms with Crippen LogP contribution in [0.3, 0.4) is 0 Å². The van der Waals surface area contributed by atoms with E-state index in [2.05, 4.69) is 18.8 Å². The van der Waals surface area contributed by atoms with Gasteiger partial charge in [-0.15, -0.1) is 0 Å². The number of methoxy groups -OCH3 is 1. The predicted octanol–water partition coefficient (Wildman–Crippen LogP) is 7.33. The minimum absolute atomic E-state index is 0.0132. The molecule has 1 N–H and O–H groups in total. The summed E-state index contributed by atoms with van der Waals surface area (Å²) < 4.78 is 18.2. The third-order valence-corrected chi connectivity index (χ3v) is 8.87. The van der Waals surface area contributed by atoms with Crippen molar-refractivity contribution < 1.29 is 28.9 Å². The van der Waals surface area contributed by atoms with Crippen LogP contribution in [-0.4, -0.2) is 41.6 Å². The predicted molar refractivity (Wildman–Crippen MR) is 168 cm³/mol. The first-order valence-electron chi connectivity index (χ1n) is 14.1. The normalized spacial score (nSPS) is 19.3. The Morgan fingerprint density at radius 3 is 2.72 bits per heavy atom. The molecule has 1 saturated heterocycles. The van der Waals surface area contributed by atoms with Crippen LogP contribution in [0.25, 0.3) is 16.0 Å². The monoisotopic (exact) mass is 618 g/mol. The van der Waals surface area contributed by atoms with Crippen LogP contribution in [0.4, 0.5) is 5.13 Å². The molecule has 0 bridgehead atoms. The average Bonchev–Trinajstić information content (AvgIpc) is 3.64. The summed E-state index contributed by atoms with van der Waals surface area (Å²) in [7, 11) is 1.54. The van der Waals surface area contributed by atoms with Crippen molar-refractivity contribution >= 4 is 55.7 Å². The van der Waals surface area contributed by atoms with Crippen LogP contribution in [0.1, 0.15) is 49.9 Å². The molecule has 222 valence electrons. The Kier molecular flexibility index (Phi) is 7.79. The number of carbonyl (C=O) groups is 2. The minimum atomic E-state index is -0.974. The number of ether oxygens (including phenoxy) is 3. The molecule has 0 spiro atoms. The zero-order valence-electron chi connectivity index (χ0n) is 24.2. The maximum atomic E-state index is 13.7. The molecule has 1 amide bonds. The molecule has 0 aliphatic carbocycles. The lowest BCUT2D eigenvalue weighted by atomic mass is 9.94. The van der Waals surface area contributed by atoms with Crippen molar-refractivity contribution in [3.63, 3.8) is 0 Å². The molecule has 1 aromatic heterocycles. The lowest BCUT2D eigenvalue weighted by Crippen LogP contribution is -2.29. The molecule has 0 radical (unpaired) electrons. The van der Waals surface area contributed by atoms with Gasteiger partial charge in [0.05, 0.1) is 35.5 Å². The molecule has 10 heteroatoms. The highest BCUT2D eigenvalue weighted by Crippen LogP contribution is 2.46.